The Balaban J connectivity index is 1.60. The lowest BCUT2D eigenvalue weighted by molar-refractivity contribution is -0.131. The first-order valence-electron chi connectivity index (χ1n) is 9.71. The van der Waals surface area contributed by atoms with Crippen LogP contribution in [0.2, 0.25) is 0 Å². The molecular weight excluding hydrogens is 420 g/mol. The highest BCUT2D eigenvalue weighted by atomic mass is 19.3. The minimum Gasteiger partial charge on any atom is -0.343 e. The number of nitriles is 1. The van der Waals surface area contributed by atoms with Crippen LogP contribution in [-0.4, -0.2) is 51.7 Å². The number of likely N-dealkylation sites (tertiary alicyclic amines) is 1. The number of nitrogens with zero attached hydrogens (tertiary/aromatic N) is 3. The molecule has 1 aliphatic rings. The quantitative estimate of drug-likeness (QED) is 0.648. The van der Waals surface area contributed by atoms with Crippen LogP contribution in [-0.2, 0) is 4.79 Å². The number of fused-ring (bicyclic) bond motifs is 1. The van der Waals surface area contributed by atoms with Gasteiger partial charge in [0.2, 0.25) is 11.5 Å². The van der Waals surface area contributed by atoms with Crippen LogP contribution in [0.3, 0.4) is 0 Å². The number of hydrogen-bond acceptors (Lipinski definition) is 5. The summed E-state index contributed by atoms with van der Waals surface area (Å²) in [5.74, 6) is -4.61. The number of hydrogen-bond donors (Lipinski definition) is 2. The van der Waals surface area contributed by atoms with E-state index in [1.165, 1.54) is 12.3 Å². The molecule has 1 fully saturated rings. The van der Waals surface area contributed by atoms with Crippen molar-refractivity contribution in [3.63, 3.8) is 0 Å². The number of para-hydroxylation sites is 1. The Hall–Kier alpha value is -4.13. The van der Waals surface area contributed by atoms with Crippen LogP contribution in [0.5, 0.6) is 0 Å². The molecule has 162 valence electrons. The predicted octanol–water partition coefficient (Wildman–Crippen LogP) is 2.08. The molecule has 32 heavy (non-hydrogen) atoms. The second-order valence-corrected chi connectivity index (χ2v) is 7.41. The molecule has 3 heterocycles. The third kappa shape index (κ3) is 4.05. The van der Waals surface area contributed by atoms with Crippen LogP contribution in [0, 0.1) is 11.3 Å². The number of alkyl halides is 2. The molecule has 10 heteroatoms. The normalized spacial score (nSPS) is 17.2. The number of carbonyl (C=O) groups excluding carboxylic acids is 2. The number of nitrogens with one attached hydrogen (secondary N) is 2. The second kappa shape index (κ2) is 8.19. The summed E-state index contributed by atoms with van der Waals surface area (Å²) in [4.78, 5) is 44.7. The summed E-state index contributed by atoms with van der Waals surface area (Å²) in [5, 5.41) is 12.2. The molecule has 2 N–H and O–H groups in total. The molecule has 1 aliphatic heterocycles. The summed E-state index contributed by atoms with van der Waals surface area (Å²) in [7, 11) is 0. The van der Waals surface area contributed by atoms with Crippen LogP contribution in [0.15, 0.2) is 53.6 Å². The van der Waals surface area contributed by atoms with Gasteiger partial charge in [-0.1, -0.05) is 18.2 Å². The van der Waals surface area contributed by atoms with Gasteiger partial charge in [0.15, 0.2) is 0 Å². The Bertz CT molecular complexity index is 1310. The van der Waals surface area contributed by atoms with Crippen LogP contribution in [0.25, 0.3) is 22.0 Å². The van der Waals surface area contributed by atoms with Gasteiger partial charge in [0.1, 0.15) is 6.04 Å². The van der Waals surface area contributed by atoms with Gasteiger partial charge in [0.05, 0.1) is 30.2 Å². The number of H-pyrrole nitrogens is 1. The van der Waals surface area contributed by atoms with Crippen molar-refractivity contribution < 1.29 is 18.4 Å². The van der Waals surface area contributed by atoms with E-state index in [0.29, 0.717) is 16.6 Å². The zero-order valence-electron chi connectivity index (χ0n) is 16.6. The molecule has 0 aliphatic carbocycles. The standard InChI is InChI=1S/C22H17F2N5O3/c23-22(24)8-13(9-25)29(12-22)20(31)11-28-21(32)17-10-27-19(30)7-16(17)14-5-6-26-18-4-2-1-3-15(14)18/h1-7,10,13H,8,11-12H2,(H,27,30)(H,28,32)/t13-/m0/s1. The van der Waals surface area contributed by atoms with E-state index in [1.807, 2.05) is 6.07 Å². The van der Waals surface area contributed by atoms with Gasteiger partial charge in [-0.2, -0.15) is 5.26 Å². The van der Waals surface area contributed by atoms with Gasteiger partial charge >= 0.3 is 0 Å². The monoisotopic (exact) mass is 437 g/mol. The first-order chi connectivity index (χ1) is 15.3. The zero-order chi connectivity index (χ0) is 22.9. The summed E-state index contributed by atoms with van der Waals surface area (Å²) in [6, 6.07) is 10.6. The predicted molar refractivity (Wildman–Crippen MR) is 111 cm³/mol. The van der Waals surface area contributed by atoms with Crippen molar-refractivity contribution in [2.24, 2.45) is 0 Å². The molecule has 1 saturated heterocycles. The second-order valence-electron chi connectivity index (χ2n) is 7.41. The minimum absolute atomic E-state index is 0.0948. The topological polar surface area (TPSA) is 119 Å². The van der Waals surface area contributed by atoms with Crippen LogP contribution >= 0.6 is 0 Å². The third-order valence-corrected chi connectivity index (χ3v) is 5.25. The number of rotatable bonds is 4. The zero-order valence-corrected chi connectivity index (χ0v) is 16.6. The van der Waals surface area contributed by atoms with Crippen molar-refractivity contribution in [2.45, 2.75) is 18.4 Å². The molecule has 0 bridgehead atoms. The number of amides is 2. The fraction of sp³-hybridized carbons (Fsp3) is 0.227. The highest BCUT2D eigenvalue weighted by Crippen LogP contribution is 2.32. The van der Waals surface area contributed by atoms with Crippen molar-refractivity contribution in [3.05, 3.63) is 64.7 Å². The number of aromatic nitrogens is 2. The Morgan fingerprint density at radius 3 is 2.84 bits per heavy atom. The van der Waals surface area contributed by atoms with Crippen molar-refractivity contribution in [2.75, 3.05) is 13.1 Å². The van der Waals surface area contributed by atoms with Gasteiger partial charge < -0.3 is 15.2 Å². The lowest BCUT2D eigenvalue weighted by Crippen LogP contribution is -2.43. The van der Waals surface area contributed by atoms with E-state index in [1.54, 1.807) is 36.5 Å². The third-order valence-electron chi connectivity index (χ3n) is 5.25. The van der Waals surface area contributed by atoms with E-state index in [2.05, 4.69) is 15.3 Å². The summed E-state index contributed by atoms with van der Waals surface area (Å²) in [6.45, 7) is -1.43. The summed E-state index contributed by atoms with van der Waals surface area (Å²) < 4.78 is 27.2. The molecule has 3 aromatic rings. The highest BCUT2D eigenvalue weighted by Gasteiger charge is 2.47. The van der Waals surface area contributed by atoms with Crippen molar-refractivity contribution in [3.8, 4) is 17.2 Å². The number of carbonyl (C=O) groups is 2. The molecule has 8 nitrogen and oxygen atoms in total. The molecule has 2 aromatic heterocycles. The van der Waals surface area contributed by atoms with Gasteiger partial charge in [-0.25, -0.2) is 8.78 Å². The number of pyridine rings is 2. The SMILES string of the molecule is N#C[C@@H]1CC(F)(F)CN1C(=O)CNC(=O)c1c[nH]c(=O)cc1-c1ccnc2ccccc12. The maximum Gasteiger partial charge on any atom is 0.268 e. The number of aromatic amines is 1. The first kappa shape index (κ1) is 21.1. The molecular formula is C22H17F2N5O3. The maximum atomic E-state index is 13.6. The fourth-order valence-electron chi connectivity index (χ4n) is 3.76. The van der Waals surface area contributed by atoms with E-state index in [4.69, 9.17) is 5.26 Å². The first-order valence-corrected chi connectivity index (χ1v) is 9.71. The van der Waals surface area contributed by atoms with Crippen LogP contribution in [0.4, 0.5) is 8.78 Å². The maximum absolute atomic E-state index is 13.6. The van der Waals surface area contributed by atoms with Crippen molar-refractivity contribution in [1.29, 1.82) is 5.26 Å². The van der Waals surface area contributed by atoms with E-state index in [9.17, 15) is 23.2 Å². The number of benzene rings is 1. The molecule has 0 radical (unpaired) electrons. The lowest BCUT2D eigenvalue weighted by Gasteiger charge is -2.19. The Morgan fingerprint density at radius 2 is 2.06 bits per heavy atom. The number of halogens is 2. The Kier molecular flexibility index (Phi) is 5.40. The molecule has 4 rings (SSSR count). The lowest BCUT2D eigenvalue weighted by atomic mass is 9.98. The Labute approximate surface area is 180 Å². The van der Waals surface area contributed by atoms with E-state index in [0.717, 1.165) is 10.3 Å². The summed E-state index contributed by atoms with van der Waals surface area (Å²) >= 11 is 0. The van der Waals surface area contributed by atoms with Crippen molar-refractivity contribution >= 4 is 22.7 Å². The molecule has 0 unspecified atom stereocenters. The van der Waals surface area contributed by atoms with E-state index >= 15 is 0 Å². The van der Waals surface area contributed by atoms with Crippen molar-refractivity contribution in [1.82, 2.24) is 20.2 Å². The average Bonchev–Trinajstić information content (AvgIpc) is 3.11. The largest absolute Gasteiger partial charge is 0.343 e. The van der Waals surface area contributed by atoms with Gasteiger partial charge in [-0.05, 0) is 17.7 Å². The van der Waals surface area contributed by atoms with Gasteiger partial charge in [-0.15, -0.1) is 0 Å². The minimum atomic E-state index is -3.14. The molecule has 1 aromatic carbocycles. The summed E-state index contributed by atoms with van der Waals surface area (Å²) in [5.41, 5.74) is 1.27. The smallest absolute Gasteiger partial charge is 0.268 e. The molecule has 1 atom stereocenters. The molecule has 0 saturated carbocycles. The molecule has 2 amide bonds. The van der Waals surface area contributed by atoms with E-state index in [-0.39, 0.29) is 5.56 Å². The van der Waals surface area contributed by atoms with Gasteiger partial charge in [-0.3, -0.25) is 19.4 Å². The fourth-order valence-corrected chi connectivity index (χ4v) is 3.76. The van der Waals surface area contributed by atoms with E-state index < -0.39 is 48.8 Å². The van der Waals surface area contributed by atoms with Crippen LogP contribution < -0.4 is 10.9 Å². The average molecular weight is 437 g/mol. The van der Waals surface area contributed by atoms with Gasteiger partial charge in [0.25, 0.3) is 11.8 Å². The Morgan fingerprint density at radius 1 is 1.28 bits per heavy atom. The highest BCUT2D eigenvalue weighted by molar-refractivity contribution is 6.05. The van der Waals surface area contributed by atoms with Gasteiger partial charge in [0, 0.05) is 35.8 Å². The van der Waals surface area contributed by atoms with Crippen LogP contribution in [0.1, 0.15) is 16.8 Å². The molecule has 0 spiro atoms. The summed E-state index contributed by atoms with van der Waals surface area (Å²) in [6.07, 6.45) is 2.05.